The van der Waals surface area contributed by atoms with E-state index in [1.807, 2.05) is 28.7 Å². The maximum absolute atomic E-state index is 12.3. The van der Waals surface area contributed by atoms with E-state index in [4.69, 9.17) is 5.26 Å². The standard InChI is InChI=1S/C17H12BrN3O/c18-16-6-5-14-10-20-11-21(14)17(16)8-15(22)7-12-1-3-13(9-19)4-2-12/h1-6,10-11H,7-8H2. The molecule has 2 aromatic heterocycles. The largest absolute Gasteiger partial charge is 0.302 e. The molecule has 3 rings (SSSR count). The zero-order valence-corrected chi connectivity index (χ0v) is 13.2. The number of fused-ring (bicyclic) bond motifs is 1. The van der Waals surface area contributed by atoms with Gasteiger partial charge in [-0.05, 0) is 45.8 Å². The number of halogens is 1. The summed E-state index contributed by atoms with van der Waals surface area (Å²) < 4.78 is 2.81. The summed E-state index contributed by atoms with van der Waals surface area (Å²) in [5, 5.41) is 8.79. The molecule has 0 amide bonds. The predicted octanol–water partition coefficient (Wildman–Crippen LogP) is 3.32. The Morgan fingerprint density at radius 1 is 1.18 bits per heavy atom. The van der Waals surface area contributed by atoms with Gasteiger partial charge in [-0.3, -0.25) is 4.79 Å². The Morgan fingerprint density at radius 2 is 1.95 bits per heavy atom. The van der Waals surface area contributed by atoms with Crippen LogP contribution in [0.25, 0.3) is 5.52 Å². The molecule has 0 bridgehead atoms. The van der Waals surface area contributed by atoms with Crippen LogP contribution in [0, 0.1) is 11.3 Å². The van der Waals surface area contributed by atoms with E-state index in [1.165, 1.54) is 0 Å². The number of nitrogens with zero attached hydrogens (tertiary/aromatic N) is 3. The number of carbonyl (C=O) groups is 1. The Kier molecular flexibility index (Phi) is 4.03. The van der Waals surface area contributed by atoms with Gasteiger partial charge in [0.25, 0.3) is 0 Å². The highest BCUT2D eigenvalue weighted by Gasteiger charge is 2.11. The van der Waals surface area contributed by atoms with Gasteiger partial charge < -0.3 is 4.40 Å². The molecule has 0 unspecified atom stereocenters. The summed E-state index contributed by atoms with van der Waals surface area (Å²) in [6.07, 6.45) is 4.16. The summed E-state index contributed by atoms with van der Waals surface area (Å²) in [4.78, 5) is 16.4. The van der Waals surface area contributed by atoms with Gasteiger partial charge in [-0.25, -0.2) is 4.98 Å². The molecule has 1 aromatic carbocycles. The number of pyridine rings is 1. The van der Waals surface area contributed by atoms with Crippen molar-refractivity contribution >= 4 is 27.2 Å². The Morgan fingerprint density at radius 3 is 2.68 bits per heavy atom. The Hall–Kier alpha value is -2.45. The normalized spacial score (nSPS) is 10.5. The highest BCUT2D eigenvalue weighted by molar-refractivity contribution is 9.10. The molecule has 0 aliphatic carbocycles. The molecule has 0 N–H and O–H groups in total. The molecule has 0 aliphatic heterocycles. The monoisotopic (exact) mass is 353 g/mol. The molecule has 4 nitrogen and oxygen atoms in total. The lowest BCUT2D eigenvalue weighted by atomic mass is 10.0. The van der Waals surface area contributed by atoms with Crippen LogP contribution in [0.2, 0.25) is 0 Å². The molecule has 108 valence electrons. The molecule has 0 aliphatic rings. The summed E-state index contributed by atoms with van der Waals surface area (Å²) in [5.74, 6) is 0.117. The summed E-state index contributed by atoms with van der Waals surface area (Å²) in [7, 11) is 0. The summed E-state index contributed by atoms with van der Waals surface area (Å²) in [6.45, 7) is 0. The number of Topliss-reactive ketones (excluding diaryl/α,β-unsaturated/α-hetero) is 1. The molecular formula is C17H12BrN3O. The van der Waals surface area contributed by atoms with Gasteiger partial charge >= 0.3 is 0 Å². The first-order valence-corrected chi connectivity index (χ1v) is 7.57. The van der Waals surface area contributed by atoms with Gasteiger partial charge in [0.15, 0.2) is 0 Å². The smallest absolute Gasteiger partial charge is 0.143 e. The fourth-order valence-corrected chi connectivity index (χ4v) is 2.83. The Balaban J connectivity index is 1.79. The number of aromatic nitrogens is 2. The lowest BCUT2D eigenvalue weighted by Gasteiger charge is -2.08. The average molecular weight is 354 g/mol. The third-order valence-corrected chi connectivity index (χ3v) is 4.20. The van der Waals surface area contributed by atoms with Gasteiger partial charge in [0.1, 0.15) is 5.78 Å². The van der Waals surface area contributed by atoms with Crippen molar-refractivity contribution < 1.29 is 4.79 Å². The highest BCUT2D eigenvalue weighted by Crippen LogP contribution is 2.20. The molecule has 22 heavy (non-hydrogen) atoms. The number of hydrogen-bond donors (Lipinski definition) is 0. The second-order valence-corrected chi connectivity index (χ2v) is 5.87. The zero-order valence-electron chi connectivity index (χ0n) is 11.7. The quantitative estimate of drug-likeness (QED) is 0.722. The number of hydrogen-bond acceptors (Lipinski definition) is 3. The molecule has 3 aromatic rings. The van der Waals surface area contributed by atoms with Gasteiger partial charge in [-0.1, -0.05) is 12.1 Å². The fraction of sp³-hybridized carbons (Fsp3) is 0.118. The molecule has 2 heterocycles. The van der Waals surface area contributed by atoms with Gasteiger partial charge in [0, 0.05) is 23.0 Å². The van der Waals surface area contributed by atoms with Gasteiger partial charge in [0.2, 0.25) is 0 Å². The van der Waals surface area contributed by atoms with E-state index >= 15 is 0 Å². The lowest BCUT2D eigenvalue weighted by molar-refractivity contribution is -0.117. The molecule has 0 fully saturated rings. The second-order valence-electron chi connectivity index (χ2n) is 5.02. The van der Waals surface area contributed by atoms with Gasteiger partial charge in [-0.2, -0.15) is 5.26 Å². The number of carbonyl (C=O) groups excluding carboxylic acids is 1. The first-order chi connectivity index (χ1) is 10.7. The molecule has 0 radical (unpaired) electrons. The Bertz CT molecular complexity index is 875. The van der Waals surface area contributed by atoms with Crippen molar-refractivity contribution in [2.45, 2.75) is 12.8 Å². The second kappa shape index (κ2) is 6.12. The number of rotatable bonds is 4. The van der Waals surface area contributed by atoms with Crippen molar-refractivity contribution in [2.75, 3.05) is 0 Å². The van der Waals surface area contributed by atoms with Crippen molar-refractivity contribution in [3.8, 4) is 6.07 Å². The van der Waals surface area contributed by atoms with Crippen molar-refractivity contribution in [1.82, 2.24) is 9.38 Å². The van der Waals surface area contributed by atoms with Crippen LogP contribution in [0.15, 0.2) is 53.4 Å². The first kappa shape index (κ1) is 14.5. The van der Waals surface area contributed by atoms with E-state index < -0.39 is 0 Å². The minimum atomic E-state index is 0.117. The summed E-state index contributed by atoms with van der Waals surface area (Å²) in [5.41, 5.74) is 3.37. The molecular weight excluding hydrogens is 342 g/mol. The summed E-state index contributed by atoms with van der Waals surface area (Å²) >= 11 is 3.50. The van der Waals surface area contributed by atoms with Crippen LogP contribution >= 0.6 is 15.9 Å². The van der Waals surface area contributed by atoms with E-state index in [0.29, 0.717) is 18.4 Å². The van der Waals surface area contributed by atoms with Crippen LogP contribution in [0.3, 0.4) is 0 Å². The maximum atomic E-state index is 12.3. The van der Waals surface area contributed by atoms with Gasteiger partial charge in [-0.15, -0.1) is 0 Å². The zero-order chi connectivity index (χ0) is 15.5. The van der Waals surface area contributed by atoms with Gasteiger partial charge in [0.05, 0.1) is 29.7 Å². The van der Waals surface area contributed by atoms with E-state index in [2.05, 4.69) is 27.0 Å². The van der Waals surface area contributed by atoms with Crippen LogP contribution in [0.4, 0.5) is 0 Å². The lowest BCUT2D eigenvalue weighted by Crippen LogP contribution is -2.10. The number of ketones is 1. The number of imidazole rings is 1. The van der Waals surface area contributed by atoms with E-state index in [0.717, 1.165) is 21.2 Å². The van der Waals surface area contributed by atoms with Crippen LogP contribution in [0.1, 0.15) is 16.8 Å². The number of benzene rings is 1. The molecule has 0 atom stereocenters. The predicted molar refractivity (Wildman–Crippen MR) is 86.5 cm³/mol. The SMILES string of the molecule is N#Cc1ccc(CC(=O)Cc2c(Br)ccc3cncn23)cc1. The van der Waals surface area contributed by atoms with Crippen LogP contribution < -0.4 is 0 Å². The summed E-state index contributed by atoms with van der Waals surface area (Å²) in [6, 6.07) is 13.1. The third kappa shape index (κ3) is 2.92. The maximum Gasteiger partial charge on any atom is 0.143 e. The van der Waals surface area contributed by atoms with Crippen LogP contribution in [-0.4, -0.2) is 15.2 Å². The molecule has 0 saturated carbocycles. The van der Waals surface area contributed by atoms with Crippen LogP contribution in [-0.2, 0) is 17.6 Å². The Labute approximate surface area is 136 Å². The van der Waals surface area contributed by atoms with E-state index in [9.17, 15) is 4.79 Å². The molecule has 5 heteroatoms. The third-order valence-electron chi connectivity index (χ3n) is 3.48. The number of nitriles is 1. The van der Waals surface area contributed by atoms with Crippen molar-refractivity contribution in [3.63, 3.8) is 0 Å². The average Bonchev–Trinajstić information content (AvgIpc) is 3.00. The van der Waals surface area contributed by atoms with Crippen molar-refractivity contribution in [3.05, 3.63) is 70.2 Å². The topological polar surface area (TPSA) is 58.2 Å². The highest BCUT2D eigenvalue weighted by atomic mass is 79.9. The minimum Gasteiger partial charge on any atom is -0.302 e. The van der Waals surface area contributed by atoms with Crippen molar-refractivity contribution in [1.29, 1.82) is 5.26 Å². The van der Waals surface area contributed by atoms with E-state index in [-0.39, 0.29) is 5.78 Å². The molecule has 0 saturated heterocycles. The van der Waals surface area contributed by atoms with Crippen molar-refractivity contribution in [2.24, 2.45) is 0 Å². The van der Waals surface area contributed by atoms with E-state index in [1.54, 1.807) is 24.7 Å². The fourth-order valence-electron chi connectivity index (χ4n) is 2.37. The van der Waals surface area contributed by atoms with Crippen LogP contribution in [0.5, 0.6) is 0 Å². The minimum absolute atomic E-state index is 0.117. The first-order valence-electron chi connectivity index (χ1n) is 6.77. The molecule has 0 spiro atoms.